The van der Waals surface area contributed by atoms with Crippen molar-refractivity contribution < 1.29 is 8.76 Å². The van der Waals surface area contributed by atoms with Gasteiger partial charge in [0.2, 0.25) is 11.1 Å². The highest BCUT2D eigenvalue weighted by Gasteiger charge is 1.88. The summed E-state index contributed by atoms with van der Waals surface area (Å²) in [6.45, 7) is 2.20. The Balaban J connectivity index is 3.09. The van der Waals surface area contributed by atoms with Crippen LogP contribution in [0.4, 0.5) is 0 Å². The Morgan fingerprint density at radius 2 is 1.77 bits per heavy atom. The van der Waals surface area contributed by atoms with Crippen LogP contribution in [0.1, 0.15) is 51.9 Å². The molecule has 0 spiro atoms. The minimum atomic E-state index is -1.94. The van der Waals surface area contributed by atoms with Crippen molar-refractivity contribution in [3.05, 3.63) is 0 Å². The largest absolute Gasteiger partial charge is 0.296 e. The first-order chi connectivity index (χ1) is 6.27. The third kappa shape index (κ3) is 11.7. The highest BCUT2D eigenvalue weighted by Crippen LogP contribution is 2.05. The molecule has 13 heavy (non-hydrogen) atoms. The van der Waals surface area contributed by atoms with Gasteiger partial charge in [-0.1, -0.05) is 44.9 Å². The van der Waals surface area contributed by atoms with Gasteiger partial charge in [-0.05, 0) is 6.42 Å². The fourth-order valence-electron chi connectivity index (χ4n) is 1.11. The van der Waals surface area contributed by atoms with Crippen molar-refractivity contribution in [3.63, 3.8) is 0 Å². The molecule has 0 aromatic heterocycles. The van der Waals surface area contributed by atoms with Crippen molar-refractivity contribution in [2.75, 3.05) is 0 Å². The molecule has 0 aliphatic carbocycles. The van der Waals surface area contributed by atoms with Crippen LogP contribution in [-0.4, -0.2) is 8.76 Å². The van der Waals surface area contributed by atoms with Crippen LogP contribution < -0.4 is 0 Å². The molecule has 1 atom stereocenters. The summed E-state index contributed by atoms with van der Waals surface area (Å²) in [5.74, 6) is 2.68. The Hall–Kier alpha value is -0.330. The van der Waals surface area contributed by atoms with Crippen LogP contribution >= 0.6 is 0 Å². The smallest absolute Gasteiger partial charge is 0.233 e. The van der Waals surface area contributed by atoms with Gasteiger partial charge in [0.15, 0.2) is 0 Å². The van der Waals surface area contributed by atoms with Gasteiger partial charge in [-0.15, -0.1) is 0 Å². The summed E-state index contributed by atoms with van der Waals surface area (Å²) in [7, 11) is 0. The molecule has 0 aromatic rings. The molecule has 0 saturated heterocycles. The fraction of sp³-hybridized carbons (Fsp3) is 0.800. The molecule has 0 rings (SSSR count). The monoisotopic (exact) mass is 202 g/mol. The zero-order valence-electron chi connectivity index (χ0n) is 8.21. The maximum Gasteiger partial charge on any atom is 0.233 e. The highest BCUT2D eigenvalue weighted by atomic mass is 32.2. The van der Waals surface area contributed by atoms with Crippen LogP contribution in [0, 0.1) is 11.2 Å². The van der Waals surface area contributed by atoms with Gasteiger partial charge in [-0.3, -0.25) is 4.55 Å². The molecule has 0 bridgehead atoms. The van der Waals surface area contributed by atoms with Gasteiger partial charge in [-0.2, -0.15) is 0 Å². The summed E-state index contributed by atoms with van der Waals surface area (Å²) in [5, 5.41) is 2.23. The number of hydrogen-bond acceptors (Lipinski definition) is 1. The molecule has 0 heterocycles. The lowest BCUT2D eigenvalue weighted by molar-refractivity contribution is 0.576. The Labute approximate surface area is 83.4 Å². The van der Waals surface area contributed by atoms with E-state index >= 15 is 0 Å². The summed E-state index contributed by atoms with van der Waals surface area (Å²) in [6, 6.07) is 0. The molecule has 0 aliphatic rings. The van der Waals surface area contributed by atoms with Crippen molar-refractivity contribution in [2.45, 2.75) is 51.9 Å². The zero-order chi connectivity index (χ0) is 9.94. The molecule has 3 heteroatoms. The normalized spacial score (nSPS) is 11.8. The van der Waals surface area contributed by atoms with E-state index in [1.165, 1.54) is 32.1 Å². The fourth-order valence-corrected chi connectivity index (χ4v) is 1.33. The van der Waals surface area contributed by atoms with Crippen LogP contribution in [0.25, 0.3) is 0 Å². The standard InChI is InChI=1S/C10H18O2S/c1-2-3-4-5-6-7-8-9-10-13(11)12/h2-8H2,1H3,(H,11,12). The molecule has 1 N–H and O–H groups in total. The first-order valence-corrected chi connectivity index (χ1v) is 5.97. The molecule has 0 aromatic carbocycles. The molecular weight excluding hydrogens is 184 g/mol. The van der Waals surface area contributed by atoms with Gasteiger partial charge in [0, 0.05) is 11.7 Å². The first kappa shape index (κ1) is 12.7. The van der Waals surface area contributed by atoms with Crippen molar-refractivity contribution in [1.29, 1.82) is 0 Å². The number of hydrogen-bond donors (Lipinski definition) is 1. The predicted octanol–water partition coefficient (Wildman–Crippen LogP) is 2.92. The van der Waals surface area contributed by atoms with E-state index < -0.39 is 11.1 Å². The SMILES string of the molecule is CCCCCCCCC#CS(=O)O. The van der Waals surface area contributed by atoms with Crippen LogP contribution in [0.3, 0.4) is 0 Å². The lowest BCUT2D eigenvalue weighted by Gasteiger charge is -1.96. The zero-order valence-corrected chi connectivity index (χ0v) is 9.03. The Morgan fingerprint density at radius 1 is 1.15 bits per heavy atom. The second-order valence-corrected chi connectivity index (χ2v) is 3.75. The van der Waals surface area contributed by atoms with Gasteiger partial charge >= 0.3 is 0 Å². The second kappa shape index (κ2) is 9.76. The minimum Gasteiger partial charge on any atom is -0.296 e. The predicted molar refractivity (Wildman–Crippen MR) is 56.5 cm³/mol. The average molecular weight is 202 g/mol. The molecule has 76 valence electrons. The third-order valence-corrected chi connectivity index (χ3v) is 2.13. The van der Waals surface area contributed by atoms with E-state index in [1.54, 1.807) is 0 Å². The Morgan fingerprint density at radius 3 is 2.38 bits per heavy atom. The summed E-state index contributed by atoms with van der Waals surface area (Å²) in [6.07, 6.45) is 8.13. The summed E-state index contributed by atoms with van der Waals surface area (Å²) in [4.78, 5) is 0. The van der Waals surface area contributed by atoms with Crippen LogP contribution in [-0.2, 0) is 11.1 Å². The molecule has 0 amide bonds. The van der Waals surface area contributed by atoms with Gasteiger partial charge in [0.25, 0.3) is 0 Å². The van der Waals surface area contributed by atoms with Crippen molar-refractivity contribution in [3.8, 4) is 11.2 Å². The van der Waals surface area contributed by atoms with E-state index in [-0.39, 0.29) is 0 Å². The quantitative estimate of drug-likeness (QED) is 0.408. The molecule has 2 nitrogen and oxygen atoms in total. The Kier molecular flexibility index (Phi) is 9.51. The average Bonchev–Trinajstić information content (AvgIpc) is 2.09. The molecule has 0 radical (unpaired) electrons. The lowest BCUT2D eigenvalue weighted by Crippen LogP contribution is -1.79. The van der Waals surface area contributed by atoms with E-state index in [0.29, 0.717) is 0 Å². The van der Waals surface area contributed by atoms with Crippen molar-refractivity contribution in [1.82, 2.24) is 0 Å². The van der Waals surface area contributed by atoms with E-state index in [4.69, 9.17) is 4.55 Å². The number of unbranched alkanes of at least 4 members (excludes halogenated alkanes) is 6. The van der Waals surface area contributed by atoms with E-state index in [1.807, 2.05) is 0 Å². The molecule has 1 unspecified atom stereocenters. The third-order valence-electron chi connectivity index (χ3n) is 1.81. The molecule has 0 saturated carbocycles. The van der Waals surface area contributed by atoms with Gasteiger partial charge < -0.3 is 0 Å². The van der Waals surface area contributed by atoms with Crippen molar-refractivity contribution in [2.24, 2.45) is 0 Å². The van der Waals surface area contributed by atoms with Crippen LogP contribution in [0.15, 0.2) is 0 Å². The van der Waals surface area contributed by atoms with Gasteiger partial charge in [0.1, 0.15) is 0 Å². The maximum absolute atomic E-state index is 10.1. The molecular formula is C10H18O2S. The number of rotatable bonds is 6. The first-order valence-electron chi connectivity index (χ1n) is 4.86. The summed E-state index contributed by atoms with van der Waals surface area (Å²) >= 11 is -1.94. The van der Waals surface area contributed by atoms with E-state index in [0.717, 1.165) is 12.8 Å². The van der Waals surface area contributed by atoms with E-state index in [2.05, 4.69) is 18.1 Å². The van der Waals surface area contributed by atoms with Crippen molar-refractivity contribution >= 4 is 11.1 Å². The Bertz CT molecular complexity index is 191. The van der Waals surface area contributed by atoms with Gasteiger partial charge in [-0.25, -0.2) is 4.21 Å². The molecule has 0 fully saturated rings. The maximum atomic E-state index is 10.1. The minimum absolute atomic E-state index is 0.748. The topological polar surface area (TPSA) is 37.3 Å². The summed E-state index contributed by atoms with van der Waals surface area (Å²) in [5.41, 5.74) is 0. The second-order valence-electron chi connectivity index (χ2n) is 3.05. The van der Waals surface area contributed by atoms with E-state index in [9.17, 15) is 4.21 Å². The van der Waals surface area contributed by atoms with Crippen LogP contribution in [0.2, 0.25) is 0 Å². The van der Waals surface area contributed by atoms with Gasteiger partial charge in [0.05, 0.1) is 0 Å². The summed E-state index contributed by atoms with van der Waals surface area (Å²) < 4.78 is 18.4. The highest BCUT2D eigenvalue weighted by molar-refractivity contribution is 7.84. The molecule has 0 aliphatic heterocycles. The van der Waals surface area contributed by atoms with Crippen LogP contribution in [0.5, 0.6) is 0 Å². The lowest BCUT2D eigenvalue weighted by atomic mass is 10.1.